The number of nitrogens with one attached hydrogen (secondary N) is 1. The van der Waals surface area contributed by atoms with Crippen LogP contribution in [0.1, 0.15) is 0 Å². The summed E-state index contributed by atoms with van der Waals surface area (Å²) in [6.07, 6.45) is 0. The molecular formula is C10H5F10NO2. The minimum Gasteiger partial charge on any atom is -0.340 e. The van der Waals surface area contributed by atoms with Crippen molar-refractivity contribution in [2.75, 3.05) is 6.61 Å². The van der Waals surface area contributed by atoms with Gasteiger partial charge in [0.2, 0.25) is 0 Å². The highest BCUT2D eigenvalue weighted by atomic mass is 19.4. The van der Waals surface area contributed by atoms with Crippen LogP contribution in [0.15, 0.2) is 12.2 Å². The van der Waals surface area contributed by atoms with Crippen molar-refractivity contribution >= 4 is 5.91 Å². The third-order valence-corrected chi connectivity index (χ3v) is 3.54. The predicted molar refractivity (Wildman–Crippen MR) is 50.7 cm³/mol. The molecule has 0 atom stereocenters. The van der Waals surface area contributed by atoms with E-state index in [0.29, 0.717) is 5.32 Å². The van der Waals surface area contributed by atoms with E-state index >= 15 is 0 Å². The Morgan fingerprint density at radius 3 is 1.48 bits per heavy atom. The first-order valence-electron chi connectivity index (χ1n) is 5.54. The van der Waals surface area contributed by atoms with Crippen molar-refractivity contribution in [3.8, 4) is 0 Å². The molecule has 0 radical (unpaired) electrons. The fourth-order valence-corrected chi connectivity index (χ4v) is 2.11. The van der Waals surface area contributed by atoms with Crippen molar-refractivity contribution < 1.29 is 53.4 Å². The second-order valence-corrected chi connectivity index (χ2v) is 4.90. The van der Waals surface area contributed by atoms with Crippen LogP contribution in [0, 0.1) is 0 Å². The fourth-order valence-electron chi connectivity index (χ4n) is 2.11. The number of amides is 1. The van der Waals surface area contributed by atoms with Crippen molar-refractivity contribution in [1.29, 1.82) is 0 Å². The van der Waals surface area contributed by atoms with Gasteiger partial charge in [-0.25, -0.2) is 0 Å². The molecule has 1 aliphatic heterocycles. The minimum atomic E-state index is -7.12. The van der Waals surface area contributed by atoms with Gasteiger partial charge in [0.05, 0.1) is 6.61 Å². The Morgan fingerprint density at radius 1 is 0.783 bits per heavy atom. The van der Waals surface area contributed by atoms with Crippen molar-refractivity contribution in [1.82, 2.24) is 5.32 Å². The lowest BCUT2D eigenvalue weighted by Gasteiger charge is -2.56. The molecule has 1 saturated carbocycles. The summed E-state index contributed by atoms with van der Waals surface area (Å²) in [5.41, 5.74) is -6.22. The molecule has 3 nitrogen and oxygen atoms in total. The summed E-state index contributed by atoms with van der Waals surface area (Å²) < 4.78 is 138. The molecule has 1 spiro atoms. The molecule has 0 unspecified atom stereocenters. The molecule has 132 valence electrons. The number of alkyl halides is 10. The summed E-state index contributed by atoms with van der Waals surface area (Å²) >= 11 is 0. The van der Waals surface area contributed by atoms with E-state index in [1.54, 1.807) is 0 Å². The van der Waals surface area contributed by atoms with E-state index in [1.165, 1.54) is 0 Å². The Bertz CT molecular complexity index is 554. The molecule has 0 bridgehead atoms. The molecule has 0 aromatic carbocycles. The van der Waals surface area contributed by atoms with Gasteiger partial charge in [-0.3, -0.25) is 4.79 Å². The lowest BCUT2D eigenvalue weighted by molar-refractivity contribution is -0.504. The molecule has 23 heavy (non-hydrogen) atoms. The quantitative estimate of drug-likeness (QED) is 0.532. The van der Waals surface area contributed by atoms with Gasteiger partial charge in [-0.15, -0.1) is 0 Å². The van der Waals surface area contributed by atoms with E-state index in [1.807, 2.05) is 0 Å². The van der Waals surface area contributed by atoms with Crippen LogP contribution in [0.2, 0.25) is 0 Å². The van der Waals surface area contributed by atoms with Gasteiger partial charge >= 0.3 is 29.6 Å². The van der Waals surface area contributed by atoms with Crippen LogP contribution in [0.3, 0.4) is 0 Å². The largest absolute Gasteiger partial charge is 0.384 e. The van der Waals surface area contributed by atoms with Crippen LogP contribution in [0.5, 0.6) is 0 Å². The van der Waals surface area contributed by atoms with E-state index in [2.05, 4.69) is 11.3 Å². The van der Waals surface area contributed by atoms with Gasteiger partial charge in [-0.05, 0) is 0 Å². The Labute approximate surface area is 120 Å². The molecule has 2 aliphatic rings. The first kappa shape index (κ1) is 17.8. The first-order valence-corrected chi connectivity index (χ1v) is 5.54. The smallest absolute Gasteiger partial charge is 0.340 e. The monoisotopic (exact) mass is 361 g/mol. The average molecular weight is 361 g/mol. The Morgan fingerprint density at radius 2 is 1.13 bits per heavy atom. The van der Waals surface area contributed by atoms with Crippen LogP contribution in [-0.4, -0.2) is 47.9 Å². The zero-order chi connectivity index (χ0) is 18.3. The third-order valence-electron chi connectivity index (χ3n) is 3.54. The van der Waals surface area contributed by atoms with E-state index in [4.69, 9.17) is 0 Å². The molecule has 1 heterocycles. The Kier molecular flexibility index (Phi) is 3.18. The average Bonchev–Trinajstić information content (AvgIpc) is 2.39. The highest BCUT2D eigenvalue weighted by Gasteiger charge is 3.01. The van der Waals surface area contributed by atoms with Crippen molar-refractivity contribution in [2.45, 2.75) is 35.3 Å². The summed E-state index contributed by atoms with van der Waals surface area (Å²) in [5, 5.41) is 0.457. The van der Waals surface area contributed by atoms with Gasteiger partial charge in [0, 0.05) is 5.57 Å². The molecule has 1 aliphatic carbocycles. The zero-order valence-corrected chi connectivity index (χ0v) is 10.5. The predicted octanol–water partition coefficient (Wildman–Crippen LogP) is 2.58. The summed E-state index contributed by atoms with van der Waals surface area (Å²) in [7, 11) is 0. The van der Waals surface area contributed by atoms with Crippen molar-refractivity contribution in [3.05, 3.63) is 12.2 Å². The highest BCUT2D eigenvalue weighted by molar-refractivity contribution is 5.94. The maximum atomic E-state index is 13.7. The lowest BCUT2D eigenvalue weighted by Crippen LogP contribution is -2.90. The van der Waals surface area contributed by atoms with Gasteiger partial charge in [0.1, 0.15) is 0 Å². The standard InChI is InChI=1S/C10H5F10NO2/c1-3-2-23-10(21-4(3)22)8(17,18)6(13,14)5(11,12)7(15,16)9(10,19)20/h1-2H2,(H,21,22). The SMILES string of the molecule is C=C1COC2(NC1=O)C(F)(F)C(F)(F)C(F)(F)C(F)(F)C2(F)F. The van der Waals surface area contributed by atoms with Gasteiger partial charge in [-0.2, -0.15) is 43.9 Å². The van der Waals surface area contributed by atoms with E-state index < -0.39 is 53.4 Å². The van der Waals surface area contributed by atoms with E-state index in [9.17, 15) is 48.7 Å². The lowest BCUT2D eigenvalue weighted by atomic mass is 9.75. The van der Waals surface area contributed by atoms with Crippen molar-refractivity contribution in [2.24, 2.45) is 0 Å². The number of rotatable bonds is 0. The number of halogens is 10. The summed E-state index contributed by atoms with van der Waals surface area (Å²) in [5.74, 6) is -36.2. The Balaban J connectivity index is 2.80. The molecule has 1 N–H and O–H groups in total. The van der Waals surface area contributed by atoms with Crippen molar-refractivity contribution in [3.63, 3.8) is 0 Å². The summed E-state index contributed by atoms with van der Waals surface area (Å²) in [4.78, 5) is 11.2. The maximum Gasteiger partial charge on any atom is 0.384 e. The maximum absolute atomic E-state index is 13.7. The van der Waals surface area contributed by atoms with Crippen LogP contribution in [0.25, 0.3) is 0 Å². The van der Waals surface area contributed by atoms with Crippen LogP contribution < -0.4 is 5.32 Å². The molecule has 1 amide bonds. The fraction of sp³-hybridized carbons (Fsp3) is 0.700. The molecule has 13 heteroatoms. The third kappa shape index (κ3) is 1.53. The van der Waals surface area contributed by atoms with E-state index in [0.717, 1.165) is 0 Å². The number of hydrogen-bond acceptors (Lipinski definition) is 2. The van der Waals surface area contributed by atoms with Crippen LogP contribution in [-0.2, 0) is 9.53 Å². The van der Waals surface area contributed by atoms with Gasteiger partial charge < -0.3 is 10.1 Å². The van der Waals surface area contributed by atoms with E-state index in [-0.39, 0.29) is 0 Å². The Hall–Kier alpha value is -1.53. The highest BCUT2D eigenvalue weighted by Crippen LogP contribution is 2.68. The summed E-state index contributed by atoms with van der Waals surface area (Å²) in [6.45, 7) is 1.25. The molecule has 0 aromatic heterocycles. The molecule has 2 rings (SSSR count). The van der Waals surface area contributed by atoms with Gasteiger partial charge in [0.25, 0.3) is 11.6 Å². The molecule has 1 saturated heterocycles. The summed E-state index contributed by atoms with van der Waals surface area (Å²) in [6, 6.07) is 0. The van der Waals surface area contributed by atoms with Gasteiger partial charge in [0.15, 0.2) is 0 Å². The first-order chi connectivity index (χ1) is 10.0. The molecular weight excluding hydrogens is 356 g/mol. The number of carbonyl (C=O) groups excluding carboxylic acids is 1. The second-order valence-electron chi connectivity index (χ2n) is 4.90. The van der Waals surface area contributed by atoms with Gasteiger partial charge in [-0.1, -0.05) is 6.58 Å². The van der Waals surface area contributed by atoms with Crippen LogP contribution >= 0.6 is 0 Å². The number of ether oxygens (including phenoxy) is 1. The normalized spacial score (nSPS) is 32.4. The second kappa shape index (κ2) is 4.11. The number of carbonyl (C=O) groups is 1. The van der Waals surface area contributed by atoms with Crippen LogP contribution in [0.4, 0.5) is 43.9 Å². The molecule has 2 fully saturated rings. The zero-order valence-electron chi connectivity index (χ0n) is 10.5. The number of hydrogen-bond donors (Lipinski definition) is 1. The topological polar surface area (TPSA) is 38.3 Å². The molecule has 0 aromatic rings. The minimum absolute atomic E-state index is 0.457.